The number of aromatic amines is 1. The predicted octanol–water partition coefficient (Wildman–Crippen LogP) is 0.743. The molecule has 3 heterocycles. The SMILES string of the molecule is CN(C[C@H]1OCC[C@H]1c1ncn[nH]1)c1ncc(F)cn1. The molecule has 8 heteroatoms. The Labute approximate surface area is 115 Å². The lowest BCUT2D eigenvalue weighted by Crippen LogP contribution is -2.33. The highest BCUT2D eigenvalue weighted by Crippen LogP contribution is 2.29. The number of rotatable bonds is 4. The van der Waals surface area contributed by atoms with E-state index >= 15 is 0 Å². The Kier molecular flexibility index (Phi) is 3.55. The first-order valence-corrected chi connectivity index (χ1v) is 6.39. The molecule has 106 valence electrons. The minimum absolute atomic E-state index is 0.0124. The molecule has 0 aromatic carbocycles. The molecular formula is C12H15FN6O. The Bertz CT molecular complexity index is 546. The first-order valence-electron chi connectivity index (χ1n) is 6.39. The second-order valence-corrected chi connectivity index (χ2v) is 4.76. The van der Waals surface area contributed by atoms with Crippen LogP contribution in [0.15, 0.2) is 18.7 Å². The van der Waals surface area contributed by atoms with Crippen molar-refractivity contribution in [3.05, 3.63) is 30.4 Å². The summed E-state index contributed by atoms with van der Waals surface area (Å²) in [5, 5.41) is 6.77. The van der Waals surface area contributed by atoms with Crippen molar-refractivity contribution in [2.75, 3.05) is 25.1 Å². The molecule has 2 aromatic heterocycles. The van der Waals surface area contributed by atoms with Gasteiger partial charge in [0, 0.05) is 26.1 Å². The lowest BCUT2D eigenvalue weighted by atomic mass is 10.0. The monoisotopic (exact) mass is 278 g/mol. The average molecular weight is 278 g/mol. The molecule has 2 atom stereocenters. The van der Waals surface area contributed by atoms with E-state index in [0.717, 1.165) is 24.6 Å². The van der Waals surface area contributed by atoms with Gasteiger partial charge in [-0.3, -0.25) is 5.10 Å². The number of anilines is 1. The van der Waals surface area contributed by atoms with E-state index in [1.165, 1.54) is 6.33 Å². The van der Waals surface area contributed by atoms with Crippen LogP contribution in [-0.2, 0) is 4.74 Å². The number of hydrogen-bond acceptors (Lipinski definition) is 6. The van der Waals surface area contributed by atoms with Gasteiger partial charge in [-0.1, -0.05) is 0 Å². The molecule has 0 amide bonds. The van der Waals surface area contributed by atoms with E-state index in [9.17, 15) is 4.39 Å². The number of nitrogens with zero attached hydrogens (tertiary/aromatic N) is 5. The molecule has 1 saturated heterocycles. The summed E-state index contributed by atoms with van der Waals surface area (Å²) >= 11 is 0. The van der Waals surface area contributed by atoms with E-state index in [0.29, 0.717) is 19.1 Å². The maximum Gasteiger partial charge on any atom is 0.225 e. The lowest BCUT2D eigenvalue weighted by molar-refractivity contribution is 0.108. The zero-order valence-electron chi connectivity index (χ0n) is 11.0. The highest BCUT2D eigenvalue weighted by molar-refractivity contribution is 5.27. The first kappa shape index (κ1) is 12.9. The Morgan fingerprint density at radius 1 is 1.40 bits per heavy atom. The third-order valence-electron chi connectivity index (χ3n) is 3.40. The molecule has 1 aliphatic rings. The van der Waals surface area contributed by atoms with Crippen molar-refractivity contribution < 1.29 is 9.13 Å². The number of aromatic nitrogens is 5. The summed E-state index contributed by atoms with van der Waals surface area (Å²) in [6.07, 6.45) is 4.70. The van der Waals surface area contributed by atoms with Gasteiger partial charge in [0.05, 0.1) is 18.5 Å². The van der Waals surface area contributed by atoms with Crippen LogP contribution in [0.2, 0.25) is 0 Å². The van der Waals surface area contributed by atoms with E-state index in [-0.39, 0.29) is 12.0 Å². The molecule has 0 radical (unpaired) electrons. The summed E-state index contributed by atoms with van der Waals surface area (Å²) in [5.74, 6) is 1.04. The number of likely N-dealkylation sites (N-methyl/N-ethyl adjacent to an activating group) is 1. The van der Waals surface area contributed by atoms with Crippen LogP contribution in [0, 0.1) is 5.82 Å². The zero-order chi connectivity index (χ0) is 13.9. The Hall–Kier alpha value is -2.09. The summed E-state index contributed by atoms with van der Waals surface area (Å²) in [4.78, 5) is 14.0. The molecule has 0 aliphatic carbocycles. The molecule has 0 unspecified atom stereocenters. The molecule has 7 nitrogen and oxygen atoms in total. The number of halogens is 1. The fraction of sp³-hybridized carbons (Fsp3) is 0.500. The van der Waals surface area contributed by atoms with Gasteiger partial charge in [0.25, 0.3) is 0 Å². The molecule has 0 spiro atoms. The largest absolute Gasteiger partial charge is 0.376 e. The number of hydrogen-bond donors (Lipinski definition) is 1. The highest BCUT2D eigenvalue weighted by atomic mass is 19.1. The van der Waals surface area contributed by atoms with E-state index < -0.39 is 5.82 Å². The molecule has 1 fully saturated rings. The summed E-state index contributed by atoms with van der Waals surface area (Å²) in [5.41, 5.74) is 0. The zero-order valence-corrected chi connectivity index (χ0v) is 11.0. The van der Waals surface area contributed by atoms with Gasteiger partial charge in [0.2, 0.25) is 5.95 Å². The predicted molar refractivity (Wildman–Crippen MR) is 68.7 cm³/mol. The first-order chi connectivity index (χ1) is 9.74. The number of nitrogens with one attached hydrogen (secondary N) is 1. The van der Waals surface area contributed by atoms with Gasteiger partial charge < -0.3 is 9.64 Å². The third-order valence-corrected chi connectivity index (χ3v) is 3.40. The fourth-order valence-corrected chi connectivity index (χ4v) is 2.39. The molecule has 20 heavy (non-hydrogen) atoms. The molecule has 2 aromatic rings. The molecule has 0 bridgehead atoms. The van der Waals surface area contributed by atoms with Crippen LogP contribution < -0.4 is 4.90 Å². The Morgan fingerprint density at radius 3 is 2.90 bits per heavy atom. The van der Waals surface area contributed by atoms with E-state index in [4.69, 9.17) is 4.74 Å². The van der Waals surface area contributed by atoms with Crippen LogP contribution in [0.25, 0.3) is 0 Å². The number of ether oxygens (including phenoxy) is 1. The van der Waals surface area contributed by atoms with Crippen molar-refractivity contribution >= 4 is 5.95 Å². The van der Waals surface area contributed by atoms with Crippen molar-refractivity contribution in [3.63, 3.8) is 0 Å². The normalized spacial score (nSPS) is 22.1. The summed E-state index contributed by atoms with van der Waals surface area (Å²) in [6, 6.07) is 0. The summed E-state index contributed by atoms with van der Waals surface area (Å²) in [7, 11) is 1.85. The van der Waals surface area contributed by atoms with Crippen LogP contribution in [0.4, 0.5) is 10.3 Å². The maximum absolute atomic E-state index is 12.8. The Balaban J connectivity index is 1.68. The van der Waals surface area contributed by atoms with Gasteiger partial charge in [-0.25, -0.2) is 19.3 Å². The van der Waals surface area contributed by atoms with Crippen LogP contribution in [0.3, 0.4) is 0 Å². The van der Waals surface area contributed by atoms with Crippen molar-refractivity contribution in [1.29, 1.82) is 0 Å². The van der Waals surface area contributed by atoms with Gasteiger partial charge in [0.15, 0.2) is 5.82 Å². The van der Waals surface area contributed by atoms with Crippen LogP contribution in [-0.4, -0.2) is 51.5 Å². The maximum atomic E-state index is 12.8. The van der Waals surface area contributed by atoms with E-state index in [1.54, 1.807) is 0 Å². The molecule has 3 rings (SSSR count). The fourth-order valence-electron chi connectivity index (χ4n) is 2.39. The minimum Gasteiger partial charge on any atom is -0.376 e. The van der Waals surface area contributed by atoms with Crippen molar-refractivity contribution in [1.82, 2.24) is 25.1 Å². The standard InChI is InChI=1S/C12H15FN6O/c1-19(12-14-4-8(13)5-15-12)6-10-9(2-3-20-10)11-16-7-17-18-11/h4-5,7,9-10H,2-3,6H2,1H3,(H,16,17,18)/t9-,10-/m1/s1. The lowest BCUT2D eigenvalue weighted by Gasteiger charge is -2.23. The average Bonchev–Trinajstić information content (AvgIpc) is 3.09. The smallest absolute Gasteiger partial charge is 0.225 e. The minimum atomic E-state index is -0.446. The summed E-state index contributed by atoms with van der Waals surface area (Å²) < 4.78 is 18.6. The second-order valence-electron chi connectivity index (χ2n) is 4.76. The van der Waals surface area contributed by atoms with Gasteiger partial charge in [-0.2, -0.15) is 5.10 Å². The Morgan fingerprint density at radius 2 is 2.20 bits per heavy atom. The third kappa shape index (κ3) is 2.60. The van der Waals surface area contributed by atoms with E-state index in [2.05, 4.69) is 25.1 Å². The molecule has 1 aliphatic heterocycles. The van der Waals surface area contributed by atoms with Crippen molar-refractivity contribution in [2.45, 2.75) is 18.4 Å². The van der Waals surface area contributed by atoms with Crippen molar-refractivity contribution in [2.24, 2.45) is 0 Å². The second kappa shape index (κ2) is 5.49. The highest BCUT2D eigenvalue weighted by Gasteiger charge is 2.32. The van der Waals surface area contributed by atoms with Crippen LogP contribution in [0.1, 0.15) is 18.2 Å². The van der Waals surface area contributed by atoms with E-state index in [1.807, 2.05) is 11.9 Å². The molecule has 1 N–H and O–H groups in total. The molecule has 0 saturated carbocycles. The quantitative estimate of drug-likeness (QED) is 0.888. The van der Waals surface area contributed by atoms with Crippen LogP contribution >= 0.6 is 0 Å². The van der Waals surface area contributed by atoms with Gasteiger partial charge in [-0.15, -0.1) is 0 Å². The number of H-pyrrole nitrogens is 1. The van der Waals surface area contributed by atoms with Gasteiger partial charge in [0.1, 0.15) is 12.2 Å². The molecular weight excluding hydrogens is 263 g/mol. The summed E-state index contributed by atoms with van der Waals surface area (Å²) in [6.45, 7) is 1.30. The topological polar surface area (TPSA) is 79.8 Å². The van der Waals surface area contributed by atoms with Gasteiger partial charge >= 0.3 is 0 Å². The van der Waals surface area contributed by atoms with Crippen molar-refractivity contribution in [3.8, 4) is 0 Å². The van der Waals surface area contributed by atoms with Gasteiger partial charge in [-0.05, 0) is 6.42 Å². The van der Waals surface area contributed by atoms with Crippen LogP contribution in [0.5, 0.6) is 0 Å².